The normalized spacial score (nSPS) is 16.8. The maximum atomic E-state index is 12.4. The van der Waals surface area contributed by atoms with Gasteiger partial charge in [-0.05, 0) is 36.4 Å². The fourth-order valence-corrected chi connectivity index (χ4v) is 3.58. The molecule has 1 unspecified atom stereocenters. The van der Waals surface area contributed by atoms with Crippen LogP contribution in [-0.2, 0) is 4.79 Å². The molecule has 1 aromatic carbocycles. The molecule has 1 aromatic heterocycles. The lowest BCUT2D eigenvalue weighted by Gasteiger charge is -2.31. The Morgan fingerprint density at radius 2 is 1.92 bits per heavy atom. The number of benzene rings is 1. The van der Waals surface area contributed by atoms with Crippen molar-refractivity contribution in [3.05, 3.63) is 52.2 Å². The van der Waals surface area contributed by atoms with Crippen LogP contribution in [0.15, 0.2) is 41.8 Å². The predicted molar refractivity (Wildman–Crippen MR) is 96.7 cm³/mol. The van der Waals surface area contributed by atoms with E-state index >= 15 is 0 Å². The zero-order valence-electron chi connectivity index (χ0n) is 14.0. The van der Waals surface area contributed by atoms with Crippen LogP contribution in [0, 0.1) is 5.92 Å². The molecule has 1 aliphatic rings. The number of aromatic hydroxyl groups is 1. The number of amides is 3. The Morgan fingerprint density at radius 3 is 2.65 bits per heavy atom. The predicted octanol–water partition coefficient (Wildman–Crippen LogP) is 1.77. The highest BCUT2D eigenvalue weighted by Gasteiger charge is 2.29. The molecule has 3 rings (SSSR count). The first-order valence-corrected chi connectivity index (χ1v) is 9.15. The third-order valence-electron chi connectivity index (χ3n) is 4.26. The number of hydrogen-bond donors (Lipinski definition) is 3. The van der Waals surface area contributed by atoms with Gasteiger partial charge in [-0.15, -0.1) is 11.3 Å². The van der Waals surface area contributed by atoms with E-state index in [9.17, 15) is 19.5 Å². The highest BCUT2D eigenvalue weighted by atomic mass is 32.1. The van der Waals surface area contributed by atoms with Gasteiger partial charge in [-0.1, -0.05) is 18.2 Å². The van der Waals surface area contributed by atoms with Gasteiger partial charge < -0.3 is 10.0 Å². The minimum atomic E-state index is -0.598. The van der Waals surface area contributed by atoms with Gasteiger partial charge in [0.15, 0.2) is 0 Å². The molecule has 1 atom stereocenters. The molecule has 3 amide bonds. The van der Waals surface area contributed by atoms with E-state index in [0.29, 0.717) is 24.4 Å². The van der Waals surface area contributed by atoms with Crippen LogP contribution >= 0.6 is 11.3 Å². The Labute approximate surface area is 154 Å². The van der Waals surface area contributed by atoms with Gasteiger partial charge in [0.1, 0.15) is 5.75 Å². The Morgan fingerprint density at radius 1 is 1.12 bits per heavy atom. The summed E-state index contributed by atoms with van der Waals surface area (Å²) < 4.78 is 0. The van der Waals surface area contributed by atoms with Gasteiger partial charge in [0, 0.05) is 13.1 Å². The summed E-state index contributed by atoms with van der Waals surface area (Å²) in [5.41, 5.74) is 4.77. The zero-order valence-corrected chi connectivity index (χ0v) is 14.8. The zero-order chi connectivity index (χ0) is 18.5. The molecular weight excluding hydrogens is 354 g/mol. The minimum absolute atomic E-state index is 0.0734. The molecule has 0 aliphatic carbocycles. The summed E-state index contributed by atoms with van der Waals surface area (Å²) in [5, 5.41) is 11.5. The maximum absolute atomic E-state index is 12.4. The summed E-state index contributed by atoms with van der Waals surface area (Å²) in [6.07, 6.45) is 1.37. The number of hydrogen-bond acceptors (Lipinski definition) is 5. The number of carbonyl (C=O) groups is 3. The van der Waals surface area contributed by atoms with Crippen LogP contribution < -0.4 is 10.9 Å². The van der Waals surface area contributed by atoms with Crippen LogP contribution in [0.1, 0.15) is 32.9 Å². The van der Waals surface area contributed by atoms with E-state index in [-0.39, 0.29) is 23.1 Å². The van der Waals surface area contributed by atoms with E-state index in [1.165, 1.54) is 23.5 Å². The molecule has 0 spiro atoms. The number of rotatable bonds is 3. The number of phenolic OH excluding ortho intramolecular Hbond substituents is 1. The Balaban J connectivity index is 1.55. The fraction of sp³-hybridized carbons (Fsp3) is 0.278. The maximum Gasteiger partial charge on any atom is 0.273 e. The minimum Gasteiger partial charge on any atom is -0.507 e. The first-order valence-electron chi connectivity index (χ1n) is 8.27. The number of piperidine rings is 1. The molecule has 2 heterocycles. The van der Waals surface area contributed by atoms with Crippen molar-refractivity contribution in [2.45, 2.75) is 12.8 Å². The van der Waals surface area contributed by atoms with Crippen LogP contribution in [-0.4, -0.2) is 40.8 Å². The van der Waals surface area contributed by atoms with Crippen LogP contribution in [0.5, 0.6) is 5.75 Å². The van der Waals surface area contributed by atoms with Gasteiger partial charge in [0.2, 0.25) is 5.91 Å². The molecule has 2 aromatic rings. The molecule has 1 aliphatic heterocycles. The van der Waals surface area contributed by atoms with Gasteiger partial charge in [-0.2, -0.15) is 0 Å². The van der Waals surface area contributed by atoms with Crippen molar-refractivity contribution in [3.8, 4) is 5.75 Å². The van der Waals surface area contributed by atoms with E-state index in [4.69, 9.17) is 0 Å². The highest BCUT2D eigenvalue weighted by molar-refractivity contribution is 7.12. The summed E-state index contributed by atoms with van der Waals surface area (Å²) in [7, 11) is 0. The topological polar surface area (TPSA) is 98.7 Å². The second kappa shape index (κ2) is 8.01. The van der Waals surface area contributed by atoms with Crippen molar-refractivity contribution in [1.82, 2.24) is 15.8 Å². The largest absolute Gasteiger partial charge is 0.507 e. The van der Waals surface area contributed by atoms with E-state index in [1.807, 2.05) is 11.4 Å². The van der Waals surface area contributed by atoms with Crippen molar-refractivity contribution in [1.29, 1.82) is 0 Å². The summed E-state index contributed by atoms with van der Waals surface area (Å²) in [4.78, 5) is 39.1. The molecule has 0 saturated carbocycles. The van der Waals surface area contributed by atoms with Crippen LogP contribution in [0.2, 0.25) is 0 Å². The fourth-order valence-electron chi connectivity index (χ4n) is 2.89. The lowest BCUT2D eigenvalue weighted by atomic mass is 9.97. The number of carbonyl (C=O) groups excluding carboxylic acids is 3. The van der Waals surface area contributed by atoms with E-state index < -0.39 is 11.8 Å². The quantitative estimate of drug-likeness (QED) is 0.714. The van der Waals surface area contributed by atoms with E-state index in [0.717, 1.165) is 6.42 Å². The molecular formula is C18H19N3O4S. The molecule has 0 bridgehead atoms. The van der Waals surface area contributed by atoms with Crippen molar-refractivity contribution in [2.24, 2.45) is 5.92 Å². The van der Waals surface area contributed by atoms with Gasteiger partial charge >= 0.3 is 0 Å². The molecule has 7 nitrogen and oxygen atoms in total. The van der Waals surface area contributed by atoms with Gasteiger partial charge in [0.05, 0.1) is 16.4 Å². The molecule has 0 radical (unpaired) electrons. The van der Waals surface area contributed by atoms with Gasteiger partial charge in [0.25, 0.3) is 11.8 Å². The number of thiophene rings is 1. The number of nitrogens with zero attached hydrogens (tertiary/aromatic N) is 1. The summed E-state index contributed by atoms with van der Waals surface area (Å²) in [5.74, 6) is -1.58. The molecule has 3 N–H and O–H groups in total. The molecule has 1 saturated heterocycles. The molecule has 136 valence electrons. The SMILES string of the molecule is O=C(NNC(=O)C1CCCN(C(=O)c2cccs2)C1)c1ccccc1O. The summed E-state index contributed by atoms with van der Waals surface area (Å²) in [6, 6.07) is 9.66. The lowest BCUT2D eigenvalue weighted by Crippen LogP contribution is -2.50. The van der Waals surface area contributed by atoms with Crippen molar-refractivity contribution < 1.29 is 19.5 Å². The number of nitrogens with one attached hydrogen (secondary N) is 2. The first kappa shape index (κ1) is 17.9. The van der Waals surface area contributed by atoms with Crippen molar-refractivity contribution >= 4 is 29.1 Å². The van der Waals surface area contributed by atoms with Crippen molar-refractivity contribution in [3.63, 3.8) is 0 Å². The van der Waals surface area contributed by atoms with Crippen LogP contribution in [0.25, 0.3) is 0 Å². The van der Waals surface area contributed by atoms with Crippen molar-refractivity contribution in [2.75, 3.05) is 13.1 Å². The van der Waals surface area contributed by atoms with Crippen LogP contribution in [0.3, 0.4) is 0 Å². The monoisotopic (exact) mass is 373 g/mol. The first-order chi connectivity index (χ1) is 12.6. The smallest absolute Gasteiger partial charge is 0.273 e. The van der Waals surface area contributed by atoms with Crippen LogP contribution in [0.4, 0.5) is 0 Å². The van der Waals surface area contributed by atoms with Gasteiger partial charge in [-0.3, -0.25) is 25.2 Å². The lowest BCUT2D eigenvalue weighted by molar-refractivity contribution is -0.127. The third kappa shape index (κ3) is 4.02. The third-order valence-corrected chi connectivity index (χ3v) is 5.12. The average Bonchev–Trinajstić information content (AvgIpc) is 3.20. The Hall–Kier alpha value is -2.87. The van der Waals surface area contributed by atoms with Gasteiger partial charge in [-0.25, -0.2) is 0 Å². The molecule has 26 heavy (non-hydrogen) atoms. The number of phenols is 1. The summed E-state index contributed by atoms with van der Waals surface area (Å²) in [6.45, 7) is 0.930. The standard InChI is InChI=1S/C18H19N3O4S/c22-14-7-2-1-6-13(14)17(24)20-19-16(23)12-5-3-9-21(11-12)18(25)15-8-4-10-26-15/h1-2,4,6-8,10,12,22H,3,5,9,11H2,(H,19,23)(H,20,24). The second-order valence-electron chi connectivity index (χ2n) is 6.03. The average molecular weight is 373 g/mol. The number of hydrazine groups is 1. The highest BCUT2D eigenvalue weighted by Crippen LogP contribution is 2.20. The van der Waals surface area contributed by atoms with E-state index in [2.05, 4.69) is 10.9 Å². The molecule has 1 fully saturated rings. The summed E-state index contributed by atoms with van der Waals surface area (Å²) >= 11 is 1.37. The second-order valence-corrected chi connectivity index (χ2v) is 6.98. The molecule has 8 heteroatoms. The Kier molecular flexibility index (Phi) is 5.52. The number of likely N-dealkylation sites (tertiary alicyclic amines) is 1. The Bertz CT molecular complexity index is 807. The number of para-hydroxylation sites is 1. The van der Waals surface area contributed by atoms with E-state index in [1.54, 1.807) is 23.1 Å².